The Balaban J connectivity index is 1.45. The highest BCUT2D eigenvalue weighted by Gasteiger charge is 2.34. The highest BCUT2D eigenvalue weighted by Crippen LogP contribution is 2.33. The number of hydrogen-bond donors (Lipinski definition) is 2. The van der Waals surface area contributed by atoms with Gasteiger partial charge < -0.3 is 16.0 Å². The van der Waals surface area contributed by atoms with E-state index in [1.807, 2.05) is 27.7 Å². The van der Waals surface area contributed by atoms with E-state index in [0.717, 1.165) is 10.9 Å². The molecule has 1 aliphatic rings. The van der Waals surface area contributed by atoms with Gasteiger partial charge in [0.2, 0.25) is 5.91 Å². The Hall–Kier alpha value is -4.08. The van der Waals surface area contributed by atoms with E-state index in [1.54, 1.807) is 35.5 Å². The van der Waals surface area contributed by atoms with E-state index in [0.29, 0.717) is 39.5 Å². The van der Waals surface area contributed by atoms with Crippen LogP contribution in [0, 0.1) is 12.7 Å². The number of nitrogens with one attached hydrogen (secondary N) is 1. The van der Waals surface area contributed by atoms with Gasteiger partial charge in [-0.3, -0.25) is 14.5 Å². The first-order valence-corrected chi connectivity index (χ1v) is 11.6. The van der Waals surface area contributed by atoms with Crippen molar-refractivity contribution in [3.05, 3.63) is 59.9 Å². The van der Waals surface area contributed by atoms with Gasteiger partial charge in [0.25, 0.3) is 0 Å². The van der Waals surface area contributed by atoms with Crippen molar-refractivity contribution in [1.82, 2.24) is 24.6 Å². The average Bonchev–Trinajstić information content (AvgIpc) is 3.15. The van der Waals surface area contributed by atoms with Crippen molar-refractivity contribution >= 4 is 34.0 Å². The quantitative estimate of drug-likeness (QED) is 0.422. The molecule has 1 amide bonds. The minimum atomic E-state index is -1.37. The first-order valence-electron chi connectivity index (χ1n) is 11.6. The number of alkyl halides is 1. The topological polar surface area (TPSA) is 102 Å². The zero-order valence-corrected chi connectivity index (χ0v) is 20.5. The fourth-order valence-electron chi connectivity index (χ4n) is 4.47. The predicted molar refractivity (Wildman–Crippen MR) is 135 cm³/mol. The molecule has 1 aromatic carbocycles. The molecule has 4 heterocycles. The van der Waals surface area contributed by atoms with Gasteiger partial charge in [-0.1, -0.05) is 0 Å². The summed E-state index contributed by atoms with van der Waals surface area (Å²) in [6.07, 6.45) is 3.30. The normalized spacial score (nSPS) is 16.2. The largest absolute Gasteiger partial charge is 0.397 e. The second kappa shape index (κ2) is 8.54. The Labute approximate surface area is 207 Å². The molecule has 0 spiro atoms. The van der Waals surface area contributed by atoms with Crippen LogP contribution in [0.4, 0.5) is 26.1 Å². The number of pyridine rings is 2. The van der Waals surface area contributed by atoms with E-state index in [-0.39, 0.29) is 19.0 Å². The van der Waals surface area contributed by atoms with Gasteiger partial charge in [0.05, 0.1) is 24.1 Å². The fraction of sp³-hybridized carbons (Fsp3) is 0.308. The Morgan fingerprint density at radius 1 is 1.06 bits per heavy atom. The Morgan fingerprint density at radius 3 is 2.58 bits per heavy atom. The second-order valence-electron chi connectivity index (χ2n) is 10.0. The zero-order chi connectivity index (χ0) is 25.8. The number of rotatable bonds is 3. The third-order valence-electron chi connectivity index (χ3n) is 6.48. The van der Waals surface area contributed by atoms with E-state index in [1.165, 1.54) is 16.9 Å². The fourth-order valence-corrected chi connectivity index (χ4v) is 4.47. The monoisotopic (exact) mass is 491 g/mol. The van der Waals surface area contributed by atoms with Gasteiger partial charge in [0.15, 0.2) is 12.0 Å². The lowest BCUT2D eigenvalue weighted by atomic mass is 9.99. The molecule has 0 radical (unpaired) electrons. The predicted octanol–water partition coefficient (Wildman–Crippen LogP) is 4.92. The third kappa shape index (κ3) is 4.23. The summed E-state index contributed by atoms with van der Waals surface area (Å²) in [6.45, 7) is 7.38. The molecule has 4 aromatic rings. The van der Waals surface area contributed by atoms with E-state index in [4.69, 9.17) is 5.73 Å². The Bertz CT molecular complexity index is 1490. The average molecular weight is 492 g/mol. The number of fused-ring (bicyclic) bond motifs is 2. The second-order valence-corrected chi connectivity index (χ2v) is 10.0. The maximum atomic E-state index is 15.1. The minimum Gasteiger partial charge on any atom is -0.397 e. The van der Waals surface area contributed by atoms with E-state index in [9.17, 15) is 9.18 Å². The third-order valence-corrected chi connectivity index (χ3v) is 6.48. The number of halogens is 2. The molecule has 0 aliphatic carbocycles. The molecule has 0 fully saturated rings. The number of anilines is 3. The summed E-state index contributed by atoms with van der Waals surface area (Å²) >= 11 is 0. The molecule has 0 bridgehead atoms. The number of nitrogens with zero attached hydrogens (tertiary/aromatic N) is 5. The van der Waals surface area contributed by atoms with Crippen molar-refractivity contribution < 1.29 is 13.6 Å². The molecule has 8 nitrogen and oxygen atoms in total. The molecule has 10 heteroatoms. The molecule has 0 unspecified atom stereocenters. The number of benzene rings is 1. The maximum absolute atomic E-state index is 15.1. The van der Waals surface area contributed by atoms with Crippen LogP contribution in [0.5, 0.6) is 0 Å². The number of hydrogen-bond acceptors (Lipinski definition) is 6. The van der Waals surface area contributed by atoms with Crippen LogP contribution in [0.2, 0.25) is 0 Å². The molecule has 0 saturated carbocycles. The number of carbonyl (C=O) groups is 1. The molecule has 3 N–H and O–H groups in total. The van der Waals surface area contributed by atoms with Gasteiger partial charge in [0, 0.05) is 40.5 Å². The summed E-state index contributed by atoms with van der Waals surface area (Å²) in [4.78, 5) is 22.7. The molecule has 0 saturated heterocycles. The number of aromatic nitrogens is 4. The minimum absolute atomic E-state index is 0.0334. The summed E-state index contributed by atoms with van der Waals surface area (Å²) in [5.41, 5.74) is 8.03. The van der Waals surface area contributed by atoms with Crippen molar-refractivity contribution in [2.24, 2.45) is 0 Å². The molecule has 3 aromatic heterocycles. The molecule has 1 atom stereocenters. The lowest BCUT2D eigenvalue weighted by molar-refractivity contribution is -0.137. The van der Waals surface area contributed by atoms with Crippen molar-refractivity contribution in [3.63, 3.8) is 0 Å². The highest BCUT2D eigenvalue weighted by molar-refractivity contribution is 5.90. The van der Waals surface area contributed by atoms with E-state index in [2.05, 4.69) is 20.4 Å². The SMILES string of the molecule is Cc1c(N)cncc1-c1cc2cc(Nc3cc4n(n3)CC(=O)N(C(C)(C)C)C[C@H]4F)ncc2cc1F. The van der Waals surface area contributed by atoms with Crippen molar-refractivity contribution in [1.29, 1.82) is 0 Å². The Kier molecular flexibility index (Phi) is 5.61. The number of nitrogens with two attached hydrogens (primary N) is 1. The van der Waals surface area contributed by atoms with Gasteiger partial charge in [-0.2, -0.15) is 5.10 Å². The first-order chi connectivity index (χ1) is 17.0. The standard InChI is InChI=1S/C26H27F2N7O/c1-14-18(10-30-11-21(14)29)17-5-15-7-23(31-9-16(15)6-19(17)27)32-24-8-22-20(28)12-34(26(2,3)4)25(36)13-35(22)33-24/h5-11,20H,12-13,29H2,1-4H3,(H,31,32,33)/t20-/m1/s1. The molecule has 1 aliphatic heterocycles. The molecular formula is C26H27F2N7O. The Morgan fingerprint density at radius 2 is 1.83 bits per heavy atom. The van der Waals surface area contributed by atoms with Crippen LogP contribution in [0.25, 0.3) is 21.9 Å². The summed E-state index contributed by atoms with van der Waals surface area (Å²) in [5, 5.41) is 8.84. The van der Waals surface area contributed by atoms with Crippen molar-refractivity contribution in [2.45, 2.75) is 46.0 Å². The smallest absolute Gasteiger partial charge is 0.244 e. The van der Waals surface area contributed by atoms with Crippen LogP contribution in [-0.2, 0) is 11.3 Å². The summed E-state index contributed by atoms with van der Waals surface area (Å²) in [7, 11) is 0. The van der Waals surface area contributed by atoms with E-state index < -0.39 is 17.5 Å². The number of nitrogen functional groups attached to an aromatic ring is 1. The van der Waals surface area contributed by atoms with Crippen molar-refractivity contribution in [2.75, 3.05) is 17.6 Å². The van der Waals surface area contributed by atoms with Crippen LogP contribution in [0.3, 0.4) is 0 Å². The van der Waals surface area contributed by atoms with Crippen LogP contribution in [-0.4, -0.2) is 42.6 Å². The lowest BCUT2D eigenvalue weighted by Gasteiger charge is -2.35. The van der Waals surface area contributed by atoms with Crippen molar-refractivity contribution in [3.8, 4) is 11.1 Å². The van der Waals surface area contributed by atoms with E-state index >= 15 is 4.39 Å². The molecular weight excluding hydrogens is 464 g/mol. The molecule has 186 valence electrons. The summed E-state index contributed by atoms with van der Waals surface area (Å²) in [5.74, 6) is 0.230. The van der Waals surface area contributed by atoms with Crippen LogP contribution < -0.4 is 11.1 Å². The summed E-state index contributed by atoms with van der Waals surface area (Å²) in [6, 6.07) is 6.50. The zero-order valence-electron chi connectivity index (χ0n) is 20.5. The first kappa shape index (κ1) is 23.7. The van der Waals surface area contributed by atoms with Crippen LogP contribution >= 0.6 is 0 Å². The lowest BCUT2D eigenvalue weighted by Crippen LogP contribution is -2.47. The van der Waals surface area contributed by atoms with Gasteiger partial charge in [-0.25, -0.2) is 13.8 Å². The highest BCUT2D eigenvalue weighted by atomic mass is 19.1. The molecule has 5 rings (SSSR count). The summed E-state index contributed by atoms with van der Waals surface area (Å²) < 4.78 is 31.4. The van der Waals surface area contributed by atoms with Gasteiger partial charge in [-0.15, -0.1) is 0 Å². The molecule has 36 heavy (non-hydrogen) atoms. The number of carbonyl (C=O) groups excluding carboxylic acids is 1. The van der Waals surface area contributed by atoms with Gasteiger partial charge in [-0.05, 0) is 56.8 Å². The van der Waals surface area contributed by atoms with Gasteiger partial charge in [0.1, 0.15) is 18.2 Å². The van der Waals surface area contributed by atoms with Crippen LogP contribution in [0.1, 0.15) is 38.2 Å². The van der Waals surface area contributed by atoms with Gasteiger partial charge >= 0.3 is 0 Å². The van der Waals surface area contributed by atoms with Crippen LogP contribution in [0.15, 0.2) is 42.9 Å². The number of amides is 1. The maximum Gasteiger partial charge on any atom is 0.244 e.